The molecule has 0 aromatic heterocycles. The Bertz CT molecular complexity index is 408. The summed E-state index contributed by atoms with van der Waals surface area (Å²) in [6.07, 6.45) is 3.81. The number of benzene rings is 1. The summed E-state index contributed by atoms with van der Waals surface area (Å²) in [4.78, 5) is 13.5. The molecule has 3 heteroatoms. The van der Waals surface area contributed by atoms with Gasteiger partial charge in [-0.1, -0.05) is 12.2 Å². The van der Waals surface area contributed by atoms with Crippen LogP contribution in [0.25, 0.3) is 6.08 Å². The Morgan fingerprint density at radius 2 is 2.06 bits per heavy atom. The highest BCUT2D eigenvalue weighted by Gasteiger charge is 2.12. The van der Waals surface area contributed by atoms with Gasteiger partial charge < -0.3 is 9.64 Å². The summed E-state index contributed by atoms with van der Waals surface area (Å²) in [5, 5.41) is 0. The SMILES string of the molecule is C/C=C/c1cc(OC)ccc1C(=O)N(C)C. The second-order valence-electron chi connectivity index (χ2n) is 3.65. The molecule has 0 saturated heterocycles. The molecule has 0 radical (unpaired) electrons. The van der Waals surface area contributed by atoms with Crippen molar-refractivity contribution in [2.75, 3.05) is 21.2 Å². The Balaban J connectivity index is 3.22. The smallest absolute Gasteiger partial charge is 0.253 e. The van der Waals surface area contributed by atoms with Crippen LogP contribution in [0.1, 0.15) is 22.8 Å². The number of nitrogens with zero attached hydrogens (tertiary/aromatic N) is 1. The number of carbonyl (C=O) groups is 1. The first kappa shape index (κ1) is 12.3. The fraction of sp³-hybridized carbons (Fsp3) is 0.308. The van der Waals surface area contributed by atoms with Crippen molar-refractivity contribution in [3.63, 3.8) is 0 Å². The minimum atomic E-state index is -0.00393. The average molecular weight is 219 g/mol. The van der Waals surface area contributed by atoms with E-state index in [1.165, 1.54) is 0 Å². The van der Waals surface area contributed by atoms with Crippen molar-refractivity contribution in [3.8, 4) is 5.75 Å². The quantitative estimate of drug-likeness (QED) is 0.781. The molecule has 16 heavy (non-hydrogen) atoms. The molecule has 0 atom stereocenters. The summed E-state index contributed by atoms with van der Waals surface area (Å²) in [6.45, 7) is 1.92. The maximum absolute atomic E-state index is 11.9. The molecule has 0 aliphatic heterocycles. The van der Waals surface area contributed by atoms with Crippen molar-refractivity contribution >= 4 is 12.0 Å². The molecule has 0 spiro atoms. The third kappa shape index (κ3) is 2.63. The van der Waals surface area contributed by atoms with E-state index in [0.29, 0.717) is 5.56 Å². The molecule has 0 bridgehead atoms. The summed E-state index contributed by atoms with van der Waals surface area (Å²) in [5.74, 6) is 0.749. The van der Waals surface area contributed by atoms with Crippen molar-refractivity contribution in [3.05, 3.63) is 35.4 Å². The maximum Gasteiger partial charge on any atom is 0.253 e. The number of rotatable bonds is 3. The van der Waals surface area contributed by atoms with Crippen LogP contribution in [0, 0.1) is 0 Å². The molecule has 0 saturated carbocycles. The Kier molecular flexibility index (Phi) is 4.11. The lowest BCUT2D eigenvalue weighted by molar-refractivity contribution is 0.0827. The molecule has 1 amide bonds. The zero-order valence-electron chi connectivity index (χ0n) is 10.2. The van der Waals surface area contributed by atoms with E-state index in [1.807, 2.05) is 25.1 Å². The zero-order chi connectivity index (χ0) is 12.1. The van der Waals surface area contributed by atoms with Crippen LogP contribution in [0.2, 0.25) is 0 Å². The van der Waals surface area contributed by atoms with Gasteiger partial charge in [0.25, 0.3) is 5.91 Å². The standard InChI is InChI=1S/C13H17NO2/c1-5-6-10-9-11(16-4)7-8-12(10)13(15)14(2)3/h5-9H,1-4H3/b6-5+. The van der Waals surface area contributed by atoms with Gasteiger partial charge in [0.2, 0.25) is 0 Å². The number of allylic oxidation sites excluding steroid dienone is 1. The molecule has 1 rings (SSSR count). The van der Waals surface area contributed by atoms with Gasteiger partial charge in [0.15, 0.2) is 0 Å². The third-order valence-electron chi connectivity index (χ3n) is 2.24. The highest BCUT2D eigenvalue weighted by Crippen LogP contribution is 2.20. The van der Waals surface area contributed by atoms with Gasteiger partial charge in [-0.3, -0.25) is 4.79 Å². The summed E-state index contributed by atoms with van der Waals surface area (Å²) in [5.41, 5.74) is 1.56. The highest BCUT2D eigenvalue weighted by atomic mass is 16.5. The molecular formula is C13H17NO2. The highest BCUT2D eigenvalue weighted by molar-refractivity contribution is 5.97. The van der Waals surface area contributed by atoms with Crippen molar-refractivity contribution in [1.29, 1.82) is 0 Å². The monoisotopic (exact) mass is 219 g/mol. The van der Waals surface area contributed by atoms with Gasteiger partial charge in [-0.15, -0.1) is 0 Å². The van der Waals surface area contributed by atoms with Gasteiger partial charge in [-0.2, -0.15) is 0 Å². The predicted molar refractivity (Wildman–Crippen MR) is 65.7 cm³/mol. The second-order valence-corrected chi connectivity index (χ2v) is 3.65. The minimum Gasteiger partial charge on any atom is -0.497 e. The Morgan fingerprint density at radius 3 is 2.56 bits per heavy atom. The Hall–Kier alpha value is -1.77. The average Bonchev–Trinajstić information content (AvgIpc) is 2.28. The van der Waals surface area contributed by atoms with Crippen LogP contribution >= 0.6 is 0 Å². The van der Waals surface area contributed by atoms with Crippen molar-refractivity contribution in [2.24, 2.45) is 0 Å². The summed E-state index contributed by atoms with van der Waals surface area (Å²) in [7, 11) is 5.10. The third-order valence-corrected chi connectivity index (χ3v) is 2.24. The number of amides is 1. The second kappa shape index (κ2) is 5.35. The molecule has 1 aromatic carbocycles. The van der Waals surface area contributed by atoms with E-state index in [0.717, 1.165) is 11.3 Å². The zero-order valence-corrected chi connectivity index (χ0v) is 10.2. The van der Waals surface area contributed by atoms with Crippen molar-refractivity contribution in [1.82, 2.24) is 4.90 Å². The van der Waals surface area contributed by atoms with E-state index in [4.69, 9.17) is 4.74 Å². The van der Waals surface area contributed by atoms with Gasteiger partial charge in [0.1, 0.15) is 5.75 Å². The van der Waals surface area contributed by atoms with Crippen LogP contribution in [0.15, 0.2) is 24.3 Å². The summed E-state index contributed by atoms with van der Waals surface area (Å²) < 4.78 is 5.14. The van der Waals surface area contributed by atoms with Crippen molar-refractivity contribution in [2.45, 2.75) is 6.92 Å². The van der Waals surface area contributed by atoms with Gasteiger partial charge in [0.05, 0.1) is 7.11 Å². The normalized spacial score (nSPS) is 10.5. The molecule has 0 aliphatic rings. The lowest BCUT2D eigenvalue weighted by atomic mass is 10.1. The fourth-order valence-corrected chi connectivity index (χ4v) is 1.42. The largest absolute Gasteiger partial charge is 0.497 e. The van der Waals surface area contributed by atoms with Crippen LogP contribution in [0.3, 0.4) is 0 Å². The minimum absolute atomic E-state index is 0.00393. The predicted octanol–water partition coefficient (Wildman–Crippen LogP) is 2.43. The van der Waals surface area contributed by atoms with Crippen molar-refractivity contribution < 1.29 is 9.53 Å². The maximum atomic E-state index is 11.9. The van der Waals surface area contributed by atoms with E-state index >= 15 is 0 Å². The summed E-state index contributed by atoms with van der Waals surface area (Å²) >= 11 is 0. The van der Waals surface area contributed by atoms with E-state index in [-0.39, 0.29) is 5.91 Å². The molecule has 0 aliphatic carbocycles. The number of ether oxygens (including phenoxy) is 1. The van der Waals surface area contributed by atoms with E-state index in [9.17, 15) is 4.79 Å². The summed E-state index contributed by atoms with van der Waals surface area (Å²) in [6, 6.07) is 5.44. The van der Waals surface area contributed by atoms with Crippen LogP contribution in [0.4, 0.5) is 0 Å². The first-order valence-corrected chi connectivity index (χ1v) is 5.12. The molecule has 0 fully saturated rings. The first-order valence-electron chi connectivity index (χ1n) is 5.12. The number of carbonyl (C=O) groups excluding carboxylic acids is 1. The lowest BCUT2D eigenvalue weighted by Gasteiger charge is -2.13. The number of hydrogen-bond donors (Lipinski definition) is 0. The molecule has 3 nitrogen and oxygen atoms in total. The van der Waals surface area contributed by atoms with Crippen LogP contribution in [-0.2, 0) is 0 Å². The first-order chi connectivity index (χ1) is 7.60. The molecule has 86 valence electrons. The molecular weight excluding hydrogens is 202 g/mol. The van der Waals surface area contributed by atoms with Crippen LogP contribution in [-0.4, -0.2) is 32.0 Å². The van der Waals surface area contributed by atoms with Gasteiger partial charge in [-0.25, -0.2) is 0 Å². The fourth-order valence-electron chi connectivity index (χ4n) is 1.42. The van der Waals surface area contributed by atoms with E-state index in [1.54, 1.807) is 38.2 Å². The molecule has 0 unspecified atom stereocenters. The van der Waals surface area contributed by atoms with Crippen LogP contribution in [0.5, 0.6) is 5.75 Å². The Morgan fingerprint density at radius 1 is 1.38 bits per heavy atom. The van der Waals surface area contributed by atoms with E-state index < -0.39 is 0 Å². The van der Waals surface area contributed by atoms with Crippen LogP contribution < -0.4 is 4.74 Å². The topological polar surface area (TPSA) is 29.5 Å². The lowest BCUT2D eigenvalue weighted by Crippen LogP contribution is -2.22. The molecule has 0 N–H and O–H groups in total. The number of hydrogen-bond acceptors (Lipinski definition) is 2. The van der Waals surface area contributed by atoms with E-state index in [2.05, 4.69) is 0 Å². The molecule has 0 heterocycles. The molecule has 1 aromatic rings. The van der Waals surface area contributed by atoms with Gasteiger partial charge >= 0.3 is 0 Å². The van der Waals surface area contributed by atoms with Gasteiger partial charge in [-0.05, 0) is 30.7 Å². The van der Waals surface area contributed by atoms with Gasteiger partial charge in [0, 0.05) is 19.7 Å². The number of methoxy groups -OCH3 is 1. The Labute approximate surface area is 96.3 Å².